The molecule has 0 amide bonds. The van der Waals surface area contributed by atoms with Crippen molar-refractivity contribution >= 4 is 40.3 Å². The molecule has 156 valence electrons. The highest BCUT2D eigenvalue weighted by Gasteiger charge is 2.11. The molecule has 1 aromatic heterocycles. The van der Waals surface area contributed by atoms with Crippen molar-refractivity contribution in [2.75, 3.05) is 4.90 Å². The summed E-state index contributed by atoms with van der Waals surface area (Å²) in [6.45, 7) is -0.0167. The number of aromatic nitrogens is 1. The van der Waals surface area contributed by atoms with Gasteiger partial charge in [0.1, 0.15) is 5.52 Å². The van der Waals surface area contributed by atoms with E-state index in [0.717, 1.165) is 33.7 Å². The van der Waals surface area contributed by atoms with E-state index >= 15 is 0 Å². The summed E-state index contributed by atoms with van der Waals surface area (Å²) < 4.78 is 5.79. The van der Waals surface area contributed by atoms with E-state index in [2.05, 4.69) is 58.4 Å². The van der Waals surface area contributed by atoms with Crippen molar-refractivity contribution in [1.29, 1.82) is 0 Å². The maximum absolute atomic E-state index is 9.28. The van der Waals surface area contributed by atoms with E-state index < -0.39 is 0 Å². The van der Waals surface area contributed by atoms with Gasteiger partial charge in [0.15, 0.2) is 5.58 Å². The van der Waals surface area contributed by atoms with Crippen molar-refractivity contribution in [1.82, 2.24) is 4.98 Å². The lowest BCUT2D eigenvalue weighted by Gasteiger charge is -2.25. The largest absolute Gasteiger partial charge is 0.437 e. The van der Waals surface area contributed by atoms with E-state index in [-0.39, 0.29) is 6.61 Å². The minimum absolute atomic E-state index is 0.0167. The van der Waals surface area contributed by atoms with Crippen molar-refractivity contribution in [3.05, 3.63) is 120 Å². The number of oxazole rings is 1. The Balaban J connectivity index is 1.41. The number of hydrogen-bond acceptors (Lipinski definition) is 4. The number of nitrogens with zero attached hydrogens (tertiary/aromatic N) is 2. The molecular weight excluding hydrogens is 396 g/mol. The molecule has 32 heavy (non-hydrogen) atoms. The average molecular weight is 418 g/mol. The summed E-state index contributed by atoms with van der Waals surface area (Å²) in [5, 5.41) is 9.28. The Morgan fingerprint density at radius 2 is 1.34 bits per heavy atom. The van der Waals surface area contributed by atoms with Crippen LogP contribution in [0.2, 0.25) is 0 Å². The van der Waals surface area contributed by atoms with Gasteiger partial charge in [0.05, 0.1) is 6.61 Å². The maximum Gasteiger partial charge on any atom is 0.220 e. The molecule has 0 aliphatic rings. The number of fused-ring (bicyclic) bond motifs is 1. The van der Waals surface area contributed by atoms with E-state index in [1.165, 1.54) is 0 Å². The number of anilines is 3. The van der Waals surface area contributed by atoms with Crippen LogP contribution in [0.15, 0.2) is 108 Å². The van der Waals surface area contributed by atoms with Gasteiger partial charge in [-0.25, -0.2) is 4.98 Å². The Kier molecular flexibility index (Phi) is 5.52. The molecule has 4 aromatic carbocycles. The van der Waals surface area contributed by atoms with E-state index in [9.17, 15) is 5.11 Å². The highest BCUT2D eigenvalue weighted by atomic mass is 16.3. The topological polar surface area (TPSA) is 49.5 Å². The van der Waals surface area contributed by atoms with Crippen molar-refractivity contribution in [2.45, 2.75) is 6.61 Å². The zero-order valence-electron chi connectivity index (χ0n) is 17.4. The highest BCUT2D eigenvalue weighted by molar-refractivity contribution is 5.79. The molecule has 0 atom stereocenters. The van der Waals surface area contributed by atoms with E-state index in [1.54, 1.807) is 0 Å². The van der Waals surface area contributed by atoms with Crippen LogP contribution in [-0.2, 0) is 6.61 Å². The normalized spacial score (nSPS) is 11.3. The summed E-state index contributed by atoms with van der Waals surface area (Å²) in [6, 6.07) is 34.6. The van der Waals surface area contributed by atoms with Crippen molar-refractivity contribution in [2.24, 2.45) is 0 Å². The molecule has 0 saturated carbocycles. The quantitative estimate of drug-likeness (QED) is 0.324. The molecule has 4 heteroatoms. The summed E-state index contributed by atoms with van der Waals surface area (Å²) >= 11 is 0. The Morgan fingerprint density at radius 3 is 1.97 bits per heavy atom. The Labute approximate surface area is 186 Å². The first-order chi connectivity index (χ1) is 15.8. The third-order valence-electron chi connectivity index (χ3n) is 5.25. The van der Waals surface area contributed by atoms with Gasteiger partial charge in [0.2, 0.25) is 5.89 Å². The second-order valence-electron chi connectivity index (χ2n) is 7.44. The van der Waals surface area contributed by atoms with Crippen LogP contribution < -0.4 is 4.90 Å². The second kappa shape index (κ2) is 8.92. The van der Waals surface area contributed by atoms with Gasteiger partial charge in [-0.1, -0.05) is 54.6 Å². The average Bonchev–Trinajstić information content (AvgIpc) is 3.27. The van der Waals surface area contributed by atoms with Gasteiger partial charge in [-0.2, -0.15) is 0 Å². The number of aliphatic hydroxyl groups is 1. The van der Waals surface area contributed by atoms with Gasteiger partial charge in [-0.3, -0.25) is 0 Å². The third-order valence-corrected chi connectivity index (χ3v) is 5.25. The van der Waals surface area contributed by atoms with Gasteiger partial charge in [0, 0.05) is 23.1 Å². The van der Waals surface area contributed by atoms with Crippen LogP contribution in [-0.4, -0.2) is 10.1 Å². The number of rotatable bonds is 6. The lowest BCUT2D eigenvalue weighted by Crippen LogP contribution is -2.09. The molecule has 4 nitrogen and oxygen atoms in total. The molecule has 0 saturated heterocycles. The van der Waals surface area contributed by atoms with E-state index in [4.69, 9.17) is 4.42 Å². The Morgan fingerprint density at radius 1 is 0.719 bits per heavy atom. The van der Waals surface area contributed by atoms with Crippen LogP contribution in [0.3, 0.4) is 0 Å². The summed E-state index contributed by atoms with van der Waals surface area (Å²) in [4.78, 5) is 6.71. The maximum atomic E-state index is 9.28. The molecule has 0 aliphatic carbocycles. The van der Waals surface area contributed by atoms with Crippen LogP contribution in [0.25, 0.3) is 23.3 Å². The van der Waals surface area contributed by atoms with Gasteiger partial charge in [-0.05, 0) is 65.7 Å². The fraction of sp³-hybridized carbons (Fsp3) is 0.0357. The predicted molar refractivity (Wildman–Crippen MR) is 130 cm³/mol. The molecule has 5 aromatic rings. The number of benzene rings is 4. The van der Waals surface area contributed by atoms with Crippen molar-refractivity contribution < 1.29 is 9.52 Å². The fourth-order valence-corrected chi connectivity index (χ4v) is 3.66. The number of hydrogen-bond donors (Lipinski definition) is 1. The molecule has 5 rings (SSSR count). The van der Waals surface area contributed by atoms with Crippen molar-refractivity contribution in [3.63, 3.8) is 0 Å². The molecule has 0 spiro atoms. The van der Waals surface area contributed by atoms with Crippen LogP contribution in [0.5, 0.6) is 0 Å². The molecule has 0 bridgehead atoms. The molecule has 1 N–H and O–H groups in total. The van der Waals surface area contributed by atoms with Gasteiger partial charge >= 0.3 is 0 Å². The third kappa shape index (κ3) is 4.17. The SMILES string of the molecule is OCc1ccc2nc(C=Cc3ccc(N(c4ccccc4)c4ccccc4)cc3)oc2c1. The van der Waals surface area contributed by atoms with Crippen molar-refractivity contribution in [3.8, 4) is 0 Å². The van der Waals surface area contributed by atoms with Crippen LogP contribution in [0.1, 0.15) is 17.0 Å². The predicted octanol–water partition coefficient (Wildman–Crippen LogP) is 6.96. The molecule has 0 radical (unpaired) electrons. The zero-order valence-corrected chi connectivity index (χ0v) is 17.4. The standard InChI is InChI=1S/C28H22N2O2/c31-20-22-13-17-26-27(19-22)32-28(29-26)18-14-21-11-15-25(16-12-21)30(23-7-3-1-4-8-23)24-9-5-2-6-10-24/h1-19,31H,20H2. The number of aliphatic hydroxyl groups excluding tert-OH is 1. The number of para-hydroxylation sites is 2. The molecular formula is C28H22N2O2. The fourth-order valence-electron chi connectivity index (χ4n) is 3.66. The lowest BCUT2D eigenvalue weighted by atomic mass is 10.1. The van der Waals surface area contributed by atoms with Gasteiger partial charge in [0.25, 0.3) is 0 Å². The van der Waals surface area contributed by atoms with Gasteiger partial charge in [-0.15, -0.1) is 0 Å². The van der Waals surface area contributed by atoms with E-state index in [0.29, 0.717) is 11.5 Å². The summed E-state index contributed by atoms with van der Waals surface area (Å²) in [6.07, 6.45) is 3.84. The van der Waals surface area contributed by atoms with E-state index in [1.807, 2.05) is 66.7 Å². The zero-order chi connectivity index (χ0) is 21.8. The van der Waals surface area contributed by atoms with Crippen LogP contribution in [0, 0.1) is 0 Å². The minimum Gasteiger partial charge on any atom is -0.437 e. The van der Waals surface area contributed by atoms with Crippen LogP contribution >= 0.6 is 0 Å². The monoisotopic (exact) mass is 418 g/mol. The Bertz CT molecular complexity index is 1300. The smallest absolute Gasteiger partial charge is 0.220 e. The lowest BCUT2D eigenvalue weighted by molar-refractivity contribution is 0.282. The Hall–Kier alpha value is -4.15. The first-order valence-corrected chi connectivity index (χ1v) is 10.5. The minimum atomic E-state index is -0.0167. The summed E-state index contributed by atoms with van der Waals surface area (Å²) in [5.41, 5.74) is 6.60. The molecule has 0 unspecified atom stereocenters. The highest BCUT2D eigenvalue weighted by Crippen LogP contribution is 2.34. The summed E-state index contributed by atoms with van der Waals surface area (Å²) in [5.74, 6) is 0.536. The first-order valence-electron chi connectivity index (χ1n) is 10.5. The first kappa shape index (κ1) is 19.8. The molecule has 0 aliphatic heterocycles. The second-order valence-corrected chi connectivity index (χ2v) is 7.44. The summed E-state index contributed by atoms with van der Waals surface area (Å²) in [7, 11) is 0. The molecule has 1 heterocycles. The molecule has 0 fully saturated rings. The van der Waals surface area contributed by atoms with Crippen LogP contribution in [0.4, 0.5) is 17.1 Å². The van der Waals surface area contributed by atoms with Gasteiger partial charge < -0.3 is 14.4 Å².